The molecular weight excluding hydrogens is 289 g/mol. The summed E-state index contributed by atoms with van der Waals surface area (Å²) < 4.78 is 36.1. The quantitative estimate of drug-likeness (QED) is 0.877. The summed E-state index contributed by atoms with van der Waals surface area (Å²) in [5.41, 5.74) is 1.07. The first-order chi connectivity index (χ1) is 9.10. The fourth-order valence-electron chi connectivity index (χ4n) is 1.96. The van der Waals surface area contributed by atoms with Gasteiger partial charge in [0.25, 0.3) is 0 Å². The molecular formula is C13H19F3N2OS. The van der Waals surface area contributed by atoms with Crippen LogP contribution in [0.5, 0.6) is 0 Å². The van der Waals surface area contributed by atoms with Gasteiger partial charge in [-0.3, -0.25) is 10.1 Å². The molecule has 1 aromatic heterocycles. The Labute approximate surface area is 120 Å². The molecule has 7 heteroatoms. The van der Waals surface area contributed by atoms with Crippen molar-refractivity contribution in [1.82, 2.24) is 10.6 Å². The Bertz CT molecular complexity index is 471. The van der Waals surface area contributed by atoms with Gasteiger partial charge in [0.05, 0.1) is 6.04 Å². The zero-order valence-corrected chi connectivity index (χ0v) is 12.7. The van der Waals surface area contributed by atoms with Gasteiger partial charge in [0.2, 0.25) is 5.91 Å². The van der Waals surface area contributed by atoms with E-state index in [0.717, 1.165) is 10.4 Å². The topological polar surface area (TPSA) is 41.1 Å². The second-order valence-electron chi connectivity index (χ2n) is 4.81. The summed E-state index contributed by atoms with van der Waals surface area (Å²) in [6.45, 7) is 6.12. The Morgan fingerprint density at radius 1 is 1.35 bits per heavy atom. The molecule has 1 amide bonds. The van der Waals surface area contributed by atoms with Crippen molar-refractivity contribution in [3.8, 4) is 0 Å². The first-order valence-corrected chi connectivity index (χ1v) is 7.09. The van der Waals surface area contributed by atoms with E-state index >= 15 is 0 Å². The molecule has 0 fully saturated rings. The van der Waals surface area contributed by atoms with Gasteiger partial charge in [0.15, 0.2) is 0 Å². The third kappa shape index (κ3) is 5.13. The highest BCUT2D eigenvalue weighted by Gasteiger charge is 2.29. The summed E-state index contributed by atoms with van der Waals surface area (Å²) in [6.07, 6.45) is -4.39. The molecule has 1 heterocycles. The molecule has 2 N–H and O–H groups in total. The number of thiophene rings is 1. The molecule has 0 bridgehead atoms. The number of hydrogen-bond donors (Lipinski definition) is 2. The number of hydrogen-bond acceptors (Lipinski definition) is 3. The van der Waals surface area contributed by atoms with Gasteiger partial charge in [0, 0.05) is 15.8 Å². The lowest BCUT2D eigenvalue weighted by Crippen LogP contribution is -2.45. The maximum absolute atomic E-state index is 12.0. The van der Waals surface area contributed by atoms with Crippen LogP contribution in [0.2, 0.25) is 0 Å². The third-order valence-corrected chi connectivity index (χ3v) is 3.88. The summed E-state index contributed by atoms with van der Waals surface area (Å²) >= 11 is 1.66. The molecule has 0 spiro atoms. The molecule has 2 unspecified atom stereocenters. The number of amides is 1. The molecule has 1 rings (SSSR count). The maximum atomic E-state index is 12.0. The summed E-state index contributed by atoms with van der Waals surface area (Å²) in [6, 6.07) is 1.25. The molecule has 114 valence electrons. The third-order valence-electron chi connectivity index (χ3n) is 2.90. The van der Waals surface area contributed by atoms with Crippen molar-refractivity contribution in [2.24, 2.45) is 0 Å². The summed E-state index contributed by atoms with van der Waals surface area (Å²) in [7, 11) is 0. The molecule has 0 radical (unpaired) electrons. The van der Waals surface area contributed by atoms with Crippen LogP contribution in [0.3, 0.4) is 0 Å². The van der Waals surface area contributed by atoms with Gasteiger partial charge in [0.1, 0.15) is 6.54 Å². The maximum Gasteiger partial charge on any atom is 0.405 e. The molecule has 0 aliphatic rings. The molecule has 0 aliphatic carbocycles. The van der Waals surface area contributed by atoms with Crippen molar-refractivity contribution in [2.45, 2.75) is 46.0 Å². The van der Waals surface area contributed by atoms with Crippen molar-refractivity contribution in [3.63, 3.8) is 0 Å². The predicted molar refractivity (Wildman–Crippen MR) is 73.9 cm³/mol. The van der Waals surface area contributed by atoms with Crippen molar-refractivity contribution < 1.29 is 18.0 Å². The standard InChI is InChI=1S/C13H19F3N2OS/c1-7-5-11(10(4)20-7)8(2)18-9(3)12(19)17-6-13(14,15)16/h5,8-9,18H,6H2,1-4H3,(H,17,19). The van der Waals surface area contributed by atoms with Crippen LogP contribution in [0.15, 0.2) is 6.07 Å². The van der Waals surface area contributed by atoms with Crippen LogP contribution in [0.25, 0.3) is 0 Å². The second-order valence-corrected chi connectivity index (χ2v) is 6.27. The van der Waals surface area contributed by atoms with E-state index in [4.69, 9.17) is 0 Å². The van der Waals surface area contributed by atoms with E-state index in [1.807, 2.05) is 32.2 Å². The fraction of sp³-hybridized carbons (Fsp3) is 0.615. The highest BCUT2D eigenvalue weighted by Crippen LogP contribution is 2.26. The van der Waals surface area contributed by atoms with E-state index in [1.165, 1.54) is 4.88 Å². The molecule has 20 heavy (non-hydrogen) atoms. The van der Waals surface area contributed by atoms with Crippen LogP contribution in [-0.4, -0.2) is 24.7 Å². The minimum atomic E-state index is -4.39. The molecule has 0 saturated carbocycles. The number of rotatable bonds is 5. The van der Waals surface area contributed by atoms with E-state index in [1.54, 1.807) is 18.3 Å². The SMILES string of the molecule is Cc1cc(C(C)NC(C)C(=O)NCC(F)(F)F)c(C)s1. The minimum Gasteiger partial charge on any atom is -0.346 e. The van der Waals surface area contributed by atoms with Gasteiger partial charge in [-0.1, -0.05) is 0 Å². The van der Waals surface area contributed by atoms with Crippen LogP contribution in [-0.2, 0) is 4.79 Å². The number of alkyl halides is 3. The Morgan fingerprint density at radius 3 is 2.40 bits per heavy atom. The van der Waals surface area contributed by atoms with E-state index in [2.05, 4.69) is 5.32 Å². The second kappa shape index (κ2) is 6.58. The highest BCUT2D eigenvalue weighted by atomic mass is 32.1. The monoisotopic (exact) mass is 308 g/mol. The largest absolute Gasteiger partial charge is 0.405 e. The predicted octanol–water partition coefficient (Wildman–Crippen LogP) is 3.08. The lowest BCUT2D eigenvalue weighted by atomic mass is 10.1. The summed E-state index contributed by atoms with van der Waals surface area (Å²) in [5.74, 6) is -0.654. The molecule has 1 aromatic rings. The van der Waals surface area contributed by atoms with E-state index in [9.17, 15) is 18.0 Å². The van der Waals surface area contributed by atoms with E-state index in [0.29, 0.717) is 0 Å². The van der Waals surface area contributed by atoms with Gasteiger partial charge in [-0.05, 0) is 39.3 Å². The fourth-order valence-corrected chi connectivity index (χ4v) is 2.98. The number of nitrogens with one attached hydrogen (secondary N) is 2. The van der Waals surface area contributed by atoms with Crippen molar-refractivity contribution >= 4 is 17.2 Å². The van der Waals surface area contributed by atoms with E-state index < -0.39 is 24.7 Å². The lowest BCUT2D eigenvalue weighted by Gasteiger charge is -2.20. The Hall–Kier alpha value is -1.08. The van der Waals surface area contributed by atoms with Crippen molar-refractivity contribution in [1.29, 1.82) is 0 Å². The first kappa shape index (κ1) is 17.0. The number of aryl methyl sites for hydroxylation is 2. The van der Waals surface area contributed by atoms with Crippen LogP contribution in [0, 0.1) is 13.8 Å². The number of carbonyl (C=O) groups is 1. The Morgan fingerprint density at radius 2 is 1.95 bits per heavy atom. The van der Waals surface area contributed by atoms with Gasteiger partial charge >= 0.3 is 6.18 Å². The zero-order valence-electron chi connectivity index (χ0n) is 11.9. The summed E-state index contributed by atoms with van der Waals surface area (Å²) in [4.78, 5) is 13.9. The minimum absolute atomic E-state index is 0.0911. The lowest BCUT2D eigenvalue weighted by molar-refractivity contribution is -0.139. The molecule has 3 nitrogen and oxygen atoms in total. The van der Waals surface area contributed by atoms with E-state index in [-0.39, 0.29) is 6.04 Å². The van der Waals surface area contributed by atoms with Crippen LogP contribution >= 0.6 is 11.3 Å². The molecule has 0 aliphatic heterocycles. The zero-order chi connectivity index (χ0) is 15.5. The Balaban J connectivity index is 2.55. The number of halogens is 3. The molecule has 0 aromatic carbocycles. The molecule has 0 saturated heterocycles. The van der Waals surface area contributed by atoms with Crippen LogP contribution in [0.1, 0.15) is 35.2 Å². The van der Waals surface area contributed by atoms with Crippen molar-refractivity contribution in [2.75, 3.05) is 6.54 Å². The van der Waals surface area contributed by atoms with Gasteiger partial charge < -0.3 is 5.32 Å². The smallest absolute Gasteiger partial charge is 0.346 e. The van der Waals surface area contributed by atoms with Crippen LogP contribution < -0.4 is 10.6 Å². The molecule has 2 atom stereocenters. The summed E-state index contributed by atoms with van der Waals surface area (Å²) in [5, 5.41) is 4.89. The highest BCUT2D eigenvalue weighted by molar-refractivity contribution is 7.12. The normalized spacial score (nSPS) is 14.9. The average Bonchev–Trinajstić information content (AvgIpc) is 2.64. The van der Waals surface area contributed by atoms with Gasteiger partial charge in [-0.15, -0.1) is 11.3 Å². The van der Waals surface area contributed by atoms with Gasteiger partial charge in [-0.2, -0.15) is 13.2 Å². The Kier molecular flexibility index (Phi) is 5.59. The van der Waals surface area contributed by atoms with Crippen molar-refractivity contribution in [3.05, 3.63) is 21.4 Å². The average molecular weight is 308 g/mol. The number of carbonyl (C=O) groups excluding carboxylic acids is 1. The van der Waals surface area contributed by atoms with Gasteiger partial charge in [-0.25, -0.2) is 0 Å². The van der Waals surface area contributed by atoms with Crippen LogP contribution in [0.4, 0.5) is 13.2 Å². The first-order valence-electron chi connectivity index (χ1n) is 6.27.